The van der Waals surface area contributed by atoms with Gasteiger partial charge in [0.2, 0.25) is 0 Å². The zero-order valence-corrected chi connectivity index (χ0v) is 10.8. The highest BCUT2D eigenvalue weighted by Crippen LogP contribution is 2.11. The Kier molecular flexibility index (Phi) is 6.84. The molecule has 100 valence electrons. The largest absolute Gasteiger partial charge is 0.469 e. The van der Waals surface area contributed by atoms with Gasteiger partial charge in [0.15, 0.2) is 11.5 Å². The fourth-order valence-corrected chi connectivity index (χ4v) is 1.75. The monoisotopic (exact) mass is 252 g/mol. The molecule has 1 aromatic rings. The number of ether oxygens (including phenoxy) is 1. The average Bonchev–Trinajstić information content (AvgIpc) is 2.91. The maximum Gasteiger partial charge on any atom is 0.305 e. The maximum absolute atomic E-state index is 11.6. The molecule has 18 heavy (non-hydrogen) atoms. The summed E-state index contributed by atoms with van der Waals surface area (Å²) in [7, 11) is 1.41. The molecule has 0 unspecified atom stereocenters. The molecule has 0 saturated heterocycles. The number of furan rings is 1. The number of esters is 1. The molecule has 0 aromatic carbocycles. The lowest BCUT2D eigenvalue weighted by Crippen LogP contribution is -1.99. The Morgan fingerprint density at radius 1 is 1.11 bits per heavy atom. The molecule has 0 bridgehead atoms. The van der Waals surface area contributed by atoms with Crippen LogP contribution in [0.4, 0.5) is 0 Å². The van der Waals surface area contributed by atoms with Gasteiger partial charge in [-0.3, -0.25) is 9.59 Å². The number of methoxy groups -OCH3 is 1. The fraction of sp³-hybridized carbons (Fsp3) is 0.571. The van der Waals surface area contributed by atoms with Gasteiger partial charge >= 0.3 is 5.97 Å². The first-order chi connectivity index (χ1) is 8.74. The summed E-state index contributed by atoms with van der Waals surface area (Å²) in [6.07, 6.45) is 7.32. The predicted octanol–water partition coefficient (Wildman–Crippen LogP) is 3.37. The quantitative estimate of drug-likeness (QED) is 0.384. The lowest BCUT2D eigenvalue weighted by molar-refractivity contribution is -0.140. The van der Waals surface area contributed by atoms with Crippen molar-refractivity contribution in [3.05, 3.63) is 24.2 Å². The van der Waals surface area contributed by atoms with E-state index in [0.29, 0.717) is 18.6 Å². The van der Waals surface area contributed by atoms with E-state index < -0.39 is 0 Å². The highest BCUT2D eigenvalue weighted by Gasteiger charge is 2.07. The van der Waals surface area contributed by atoms with Crippen LogP contribution in [0.1, 0.15) is 55.5 Å². The van der Waals surface area contributed by atoms with E-state index in [1.54, 1.807) is 12.1 Å². The molecular formula is C14H20O4. The van der Waals surface area contributed by atoms with Crippen molar-refractivity contribution in [1.29, 1.82) is 0 Å². The van der Waals surface area contributed by atoms with Crippen LogP contribution in [0.2, 0.25) is 0 Å². The van der Waals surface area contributed by atoms with Gasteiger partial charge < -0.3 is 9.15 Å². The lowest BCUT2D eigenvalue weighted by Gasteiger charge is -2.00. The van der Waals surface area contributed by atoms with Crippen molar-refractivity contribution in [2.24, 2.45) is 0 Å². The molecule has 0 fully saturated rings. The number of carbonyl (C=O) groups excluding carboxylic acids is 2. The highest BCUT2D eigenvalue weighted by atomic mass is 16.5. The van der Waals surface area contributed by atoms with Crippen LogP contribution in [0.5, 0.6) is 0 Å². The summed E-state index contributed by atoms with van der Waals surface area (Å²) < 4.78 is 9.59. The first-order valence-corrected chi connectivity index (χ1v) is 6.37. The fourth-order valence-electron chi connectivity index (χ4n) is 1.75. The Balaban J connectivity index is 1.96. The minimum atomic E-state index is -0.150. The van der Waals surface area contributed by atoms with Crippen LogP contribution in [0.25, 0.3) is 0 Å². The summed E-state index contributed by atoms with van der Waals surface area (Å²) in [6, 6.07) is 3.42. The molecule has 0 radical (unpaired) electrons. The second kappa shape index (κ2) is 8.50. The van der Waals surface area contributed by atoms with Crippen LogP contribution < -0.4 is 0 Å². The molecule has 0 spiro atoms. The SMILES string of the molecule is COC(=O)CCCCCCCC(=O)c1ccco1. The summed E-state index contributed by atoms with van der Waals surface area (Å²) >= 11 is 0. The van der Waals surface area contributed by atoms with Gasteiger partial charge in [0, 0.05) is 12.8 Å². The third-order valence-electron chi connectivity index (χ3n) is 2.81. The lowest BCUT2D eigenvalue weighted by atomic mass is 10.1. The van der Waals surface area contributed by atoms with E-state index in [-0.39, 0.29) is 11.8 Å². The van der Waals surface area contributed by atoms with E-state index in [2.05, 4.69) is 4.74 Å². The van der Waals surface area contributed by atoms with Crippen LogP contribution in [0, 0.1) is 0 Å². The average molecular weight is 252 g/mol. The summed E-state index contributed by atoms with van der Waals surface area (Å²) in [4.78, 5) is 22.4. The molecule has 4 nitrogen and oxygen atoms in total. The molecule has 0 atom stereocenters. The van der Waals surface area contributed by atoms with Gasteiger partial charge in [-0.15, -0.1) is 0 Å². The normalized spacial score (nSPS) is 10.3. The predicted molar refractivity (Wildman–Crippen MR) is 67.4 cm³/mol. The number of unbranched alkanes of at least 4 members (excludes halogenated alkanes) is 4. The minimum Gasteiger partial charge on any atom is -0.469 e. The molecule has 0 amide bonds. The molecule has 0 N–H and O–H groups in total. The Bertz CT molecular complexity index is 354. The second-order valence-electron chi connectivity index (χ2n) is 4.24. The van der Waals surface area contributed by atoms with E-state index >= 15 is 0 Å². The summed E-state index contributed by atoms with van der Waals surface area (Å²) in [5.74, 6) is 0.359. The van der Waals surface area contributed by atoms with Gasteiger partial charge in [-0.05, 0) is 25.0 Å². The molecule has 0 saturated carbocycles. The molecule has 1 aromatic heterocycles. The Hall–Kier alpha value is -1.58. The van der Waals surface area contributed by atoms with Crippen LogP contribution in [0.15, 0.2) is 22.8 Å². The molecule has 1 rings (SSSR count). The molecular weight excluding hydrogens is 232 g/mol. The maximum atomic E-state index is 11.6. The molecule has 0 aliphatic rings. The zero-order valence-electron chi connectivity index (χ0n) is 10.8. The second-order valence-corrected chi connectivity index (χ2v) is 4.24. The van der Waals surface area contributed by atoms with Crippen LogP contribution in [-0.2, 0) is 9.53 Å². The summed E-state index contributed by atoms with van der Waals surface area (Å²) in [5, 5.41) is 0. The Morgan fingerprint density at radius 3 is 2.39 bits per heavy atom. The summed E-state index contributed by atoms with van der Waals surface area (Å²) in [5.41, 5.74) is 0. The van der Waals surface area contributed by atoms with Gasteiger partial charge in [0.25, 0.3) is 0 Å². The molecule has 0 aliphatic carbocycles. The minimum absolute atomic E-state index is 0.0644. The van der Waals surface area contributed by atoms with Crippen molar-refractivity contribution in [3.8, 4) is 0 Å². The number of hydrogen-bond acceptors (Lipinski definition) is 4. The van der Waals surface area contributed by atoms with Gasteiger partial charge in [0.1, 0.15) is 0 Å². The standard InChI is InChI=1S/C14H20O4/c1-17-14(16)10-6-4-2-3-5-8-12(15)13-9-7-11-18-13/h7,9,11H,2-6,8,10H2,1H3. The number of hydrogen-bond donors (Lipinski definition) is 0. The van der Waals surface area contributed by atoms with Crippen molar-refractivity contribution in [2.75, 3.05) is 7.11 Å². The van der Waals surface area contributed by atoms with Gasteiger partial charge in [0.05, 0.1) is 13.4 Å². The Morgan fingerprint density at radius 2 is 1.78 bits per heavy atom. The zero-order chi connectivity index (χ0) is 13.2. The van der Waals surface area contributed by atoms with Gasteiger partial charge in [-0.1, -0.05) is 19.3 Å². The van der Waals surface area contributed by atoms with Crippen LogP contribution in [-0.4, -0.2) is 18.9 Å². The van der Waals surface area contributed by atoms with Crippen molar-refractivity contribution < 1.29 is 18.7 Å². The number of ketones is 1. The molecule has 0 aliphatic heterocycles. The third-order valence-corrected chi connectivity index (χ3v) is 2.81. The van der Waals surface area contributed by atoms with E-state index in [4.69, 9.17) is 4.42 Å². The molecule has 1 heterocycles. The number of carbonyl (C=O) groups is 2. The third kappa shape index (κ3) is 5.66. The van der Waals surface area contributed by atoms with Crippen LogP contribution >= 0.6 is 0 Å². The van der Waals surface area contributed by atoms with E-state index in [1.807, 2.05) is 0 Å². The first kappa shape index (κ1) is 14.5. The van der Waals surface area contributed by atoms with E-state index in [9.17, 15) is 9.59 Å². The summed E-state index contributed by atoms with van der Waals surface area (Å²) in [6.45, 7) is 0. The van der Waals surface area contributed by atoms with Crippen molar-refractivity contribution in [3.63, 3.8) is 0 Å². The van der Waals surface area contributed by atoms with Gasteiger partial charge in [-0.2, -0.15) is 0 Å². The van der Waals surface area contributed by atoms with E-state index in [0.717, 1.165) is 32.1 Å². The van der Waals surface area contributed by atoms with Gasteiger partial charge in [-0.25, -0.2) is 0 Å². The number of rotatable bonds is 9. The smallest absolute Gasteiger partial charge is 0.305 e. The topological polar surface area (TPSA) is 56.5 Å². The van der Waals surface area contributed by atoms with Crippen molar-refractivity contribution in [2.45, 2.75) is 44.9 Å². The van der Waals surface area contributed by atoms with Crippen molar-refractivity contribution >= 4 is 11.8 Å². The Labute approximate surface area is 107 Å². The van der Waals surface area contributed by atoms with E-state index in [1.165, 1.54) is 13.4 Å². The van der Waals surface area contributed by atoms with Crippen LogP contribution in [0.3, 0.4) is 0 Å². The molecule has 4 heteroatoms. The number of Topliss-reactive ketones (excluding diaryl/α,β-unsaturated/α-hetero) is 1. The highest BCUT2D eigenvalue weighted by molar-refractivity contribution is 5.93. The first-order valence-electron chi connectivity index (χ1n) is 6.37. The van der Waals surface area contributed by atoms with Crippen molar-refractivity contribution in [1.82, 2.24) is 0 Å².